The Morgan fingerprint density at radius 2 is 2.38 bits per heavy atom. The second kappa shape index (κ2) is 7.60. The van der Waals surface area contributed by atoms with Gasteiger partial charge in [0.2, 0.25) is 5.95 Å². The highest BCUT2D eigenvalue weighted by molar-refractivity contribution is 7.98. The van der Waals surface area contributed by atoms with E-state index in [-0.39, 0.29) is 0 Å². The maximum atomic E-state index is 4.35. The number of aryl methyl sites for hydroxylation is 1. The monoisotopic (exact) mass is 241 g/mol. The number of anilines is 1. The van der Waals surface area contributed by atoms with E-state index in [9.17, 15) is 0 Å². The van der Waals surface area contributed by atoms with Crippen LogP contribution in [0.4, 0.5) is 5.95 Å². The molecule has 1 unspecified atom stereocenters. The third-order valence-corrected chi connectivity index (χ3v) is 3.43. The number of nitrogens with one attached hydrogen (secondary N) is 1. The van der Waals surface area contributed by atoms with Crippen LogP contribution in [-0.2, 0) is 6.54 Å². The van der Waals surface area contributed by atoms with E-state index in [0.29, 0.717) is 5.92 Å². The first kappa shape index (κ1) is 13.4. The Labute approximate surface area is 103 Å². The molecule has 0 aliphatic rings. The fourth-order valence-corrected chi connectivity index (χ4v) is 2.28. The molecule has 0 radical (unpaired) electrons. The molecule has 0 saturated heterocycles. The molecule has 0 bridgehead atoms. The first-order chi connectivity index (χ1) is 7.77. The Morgan fingerprint density at radius 1 is 1.56 bits per heavy atom. The molecule has 0 aromatic carbocycles. The van der Waals surface area contributed by atoms with Crippen LogP contribution in [0.2, 0.25) is 0 Å². The van der Waals surface area contributed by atoms with Gasteiger partial charge < -0.3 is 9.88 Å². The van der Waals surface area contributed by atoms with Gasteiger partial charge in [0.1, 0.15) is 0 Å². The summed E-state index contributed by atoms with van der Waals surface area (Å²) in [5, 5.41) is 3.43. The molecule has 0 aliphatic carbocycles. The van der Waals surface area contributed by atoms with Gasteiger partial charge in [-0.2, -0.15) is 11.8 Å². The highest BCUT2D eigenvalue weighted by Gasteiger charge is 2.04. The summed E-state index contributed by atoms with van der Waals surface area (Å²) in [7, 11) is 0. The van der Waals surface area contributed by atoms with E-state index in [4.69, 9.17) is 0 Å². The first-order valence-corrected chi connectivity index (χ1v) is 7.41. The summed E-state index contributed by atoms with van der Waals surface area (Å²) >= 11 is 1.90. The second-order valence-electron chi connectivity index (χ2n) is 4.24. The minimum atomic E-state index is 0.686. The average Bonchev–Trinajstić information content (AvgIpc) is 2.71. The predicted octanol–water partition coefficient (Wildman–Crippen LogP) is 3.09. The number of aromatic nitrogens is 2. The summed E-state index contributed by atoms with van der Waals surface area (Å²) in [4.78, 5) is 4.35. The summed E-state index contributed by atoms with van der Waals surface area (Å²) < 4.78 is 2.20. The van der Waals surface area contributed by atoms with Crippen molar-refractivity contribution in [2.45, 2.75) is 33.2 Å². The van der Waals surface area contributed by atoms with Crippen molar-refractivity contribution in [3.8, 4) is 0 Å². The minimum absolute atomic E-state index is 0.686. The summed E-state index contributed by atoms with van der Waals surface area (Å²) in [6.45, 7) is 6.55. The first-order valence-electron chi connectivity index (χ1n) is 6.01. The zero-order chi connectivity index (χ0) is 11.8. The van der Waals surface area contributed by atoms with Crippen molar-refractivity contribution in [2.75, 3.05) is 23.9 Å². The highest BCUT2D eigenvalue weighted by atomic mass is 32.2. The van der Waals surface area contributed by atoms with Crippen LogP contribution >= 0.6 is 11.8 Å². The van der Waals surface area contributed by atoms with Crippen LogP contribution < -0.4 is 5.32 Å². The lowest BCUT2D eigenvalue weighted by molar-refractivity contribution is 0.626. The van der Waals surface area contributed by atoms with E-state index in [2.05, 4.69) is 41.2 Å². The summed E-state index contributed by atoms with van der Waals surface area (Å²) in [5.41, 5.74) is 0. The highest BCUT2D eigenvalue weighted by Crippen LogP contribution is 2.09. The predicted molar refractivity (Wildman–Crippen MR) is 73.2 cm³/mol. The summed E-state index contributed by atoms with van der Waals surface area (Å²) in [6, 6.07) is 0. The number of hydrogen-bond acceptors (Lipinski definition) is 3. The van der Waals surface area contributed by atoms with Crippen molar-refractivity contribution in [1.82, 2.24) is 9.55 Å². The third kappa shape index (κ3) is 4.47. The molecule has 92 valence electrons. The van der Waals surface area contributed by atoms with E-state index in [1.807, 2.05) is 18.0 Å². The molecule has 16 heavy (non-hydrogen) atoms. The van der Waals surface area contributed by atoms with E-state index >= 15 is 0 Å². The molecule has 3 nitrogen and oxygen atoms in total. The fraction of sp³-hybridized carbons (Fsp3) is 0.750. The van der Waals surface area contributed by atoms with Gasteiger partial charge in [0.25, 0.3) is 0 Å². The van der Waals surface area contributed by atoms with Crippen molar-refractivity contribution >= 4 is 17.7 Å². The standard InChI is InChI=1S/C12H23N3S/c1-4-5-7-15-8-6-13-12(15)14-9-11(2)10-16-3/h6,8,11H,4-5,7,9-10H2,1-3H3,(H,13,14). The lowest BCUT2D eigenvalue weighted by atomic mass is 10.2. The van der Waals surface area contributed by atoms with E-state index in [0.717, 1.165) is 19.0 Å². The maximum absolute atomic E-state index is 4.35. The van der Waals surface area contributed by atoms with Crippen LogP contribution in [-0.4, -0.2) is 28.1 Å². The zero-order valence-corrected chi connectivity index (χ0v) is 11.4. The number of rotatable bonds is 8. The molecule has 0 aliphatic heterocycles. The van der Waals surface area contributed by atoms with Crippen molar-refractivity contribution in [1.29, 1.82) is 0 Å². The molecule has 4 heteroatoms. The molecule has 0 amide bonds. The molecular formula is C12H23N3S. The molecule has 1 rings (SSSR count). The lowest BCUT2D eigenvalue weighted by Gasteiger charge is -2.13. The topological polar surface area (TPSA) is 29.9 Å². The number of unbranched alkanes of at least 4 members (excludes halogenated alkanes) is 1. The Balaban J connectivity index is 2.37. The normalized spacial score (nSPS) is 12.7. The molecule has 1 N–H and O–H groups in total. The number of thioether (sulfide) groups is 1. The van der Waals surface area contributed by atoms with Crippen LogP contribution in [0, 0.1) is 5.92 Å². The second-order valence-corrected chi connectivity index (χ2v) is 5.15. The average molecular weight is 241 g/mol. The quantitative estimate of drug-likeness (QED) is 0.758. The third-order valence-electron chi connectivity index (χ3n) is 2.53. The number of nitrogens with zero attached hydrogens (tertiary/aromatic N) is 2. The van der Waals surface area contributed by atoms with Gasteiger partial charge >= 0.3 is 0 Å². The van der Waals surface area contributed by atoms with Crippen LogP contribution in [0.15, 0.2) is 12.4 Å². The van der Waals surface area contributed by atoms with Gasteiger partial charge in [-0.25, -0.2) is 4.98 Å². The molecule has 1 aromatic rings. The Bertz CT molecular complexity index is 286. The van der Waals surface area contributed by atoms with Crippen molar-refractivity contribution in [3.05, 3.63) is 12.4 Å². The lowest BCUT2D eigenvalue weighted by Crippen LogP contribution is -2.16. The molecule has 0 fully saturated rings. The van der Waals surface area contributed by atoms with Crippen molar-refractivity contribution in [3.63, 3.8) is 0 Å². The van der Waals surface area contributed by atoms with Crippen LogP contribution in [0.3, 0.4) is 0 Å². The SMILES string of the molecule is CCCCn1ccnc1NCC(C)CSC. The molecule has 0 saturated carbocycles. The van der Waals surface area contributed by atoms with Crippen molar-refractivity contribution in [2.24, 2.45) is 5.92 Å². The molecule has 0 spiro atoms. The van der Waals surface area contributed by atoms with Crippen LogP contribution in [0.5, 0.6) is 0 Å². The number of imidazole rings is 1. The van der Waals surface area contributed by atoms with E-state index < -0.39 is 0 Å². The van der Waals surface area contributed by atoms with Gasteiger partial charge in [0, 0.05) is 25.5 Å². The molecule has 1 heterocycles. The maximum Gasteiger partial charge on any atom is 0.202 e. The molecular weight excluding hydrogens is 218 g/mol. The van der Waals surface area contributed by atoms with E-state index in [1.165, 1.54) is 18.6 Å². The smallest absolute Gasteiger partial charge is 0.202 e. The van der Waals surface area contributed by atoms with Gasteiger partial charge in [0.15, 0.2) is 0 Å². The van der Waals surface area contributed by atoms with Gasteiger partial charge in [0.05, 0.1) is 0 Å². The molecule has 1 aromatic heterocycles. The minimum Gasteiger partial charge on any atom is -0.355 e. The van der Waals surface area contributed by atoms with E-state index in [1.54, 1.807) is 0 Å². The van der Waals surface area contributed by atoms with Gasteiger partial charge in [-0.1, -0.05) is 20.3 Å². The zero-order valence-electron chi connectivity index (χ0n) is 10.6. The van der Waals surface area contributed by atoms with Gasteiger partial charge in [-0.3, -0.25) is 0 Å². The van der Waals surface area contributed by atoms with Gasteiger partial charge in [-0.15, -0.1) is 0 Å². The number of hydrogen-bond donors (Lipinski definition) is 1. The summed E-state index contributed by atoms with van der Waals surface area (Å²) in [6.07, 6.45) is 8.51. The Morgan fingerprint density at radius 3 is 3.06 bits per heavy atom. The Hall–Kier alpha value is -0.640. The van der Waals surface area contributed by atoms with Crippen LogP contribution in [0.25, 0.3) is 0 Å². The largest absolute Gasteiger partial charge is 0.355 e. The Kier molecular flexibility index (Phi) is 6.38. The van der Waals surface area contributed by atoms with Crippen molar-refractivity contribution < 1.29 is 0 Å². The fourth-order valence-electron chi connectivity index (χ4n) is 1.59. The van der Waals surface area contributed by atoms with Gasteiger partial charge in [-0.05, 0) is 24.3 Å². The van der Waals surface area contributed by atoms with Crippen LogP contribution in [0.1, 0.15) is 26.7 Å². The molecule has 1 atom stereocenters. The summed E-state index contributed by atoms with van der Waals surface area (Å²) in [5.74, 6) is 2.90.